The summed E-state index contributed by atoms with van der Waals surface area (Å²) in [5.74, 6) is 0.691. The predicted octanol–water partition coefficient (Wildman–Crippen LogP) is 5.60. The first kappa shape index (κ1) is 16.2. The number of azo groups is 1. The van der Waals surface area contributed by atoms with Gasteiger partial charge in [0.05, 0.1) is 18.0 Å². The third-order valence-electron chi connectivity index (χ3n) is 3.27. The highest BCUT2D eigenvalue weighted by Crippen LogP contribution is 2.42. The number of halogens is 2. The Hall–Kier alpha value is -2.70. The van der Waals surface area contributed by atoms with Crippen molar-refractivity contribution >= 4 is 11.4 Å². The van der Waals surface area contributed by atoms with Crippen LogP contribution in [-0.4, -0.2) is 12.9 Å². The lowest BCUT2D eigenvalue weighted by atomic mass is 10.3. The molecule has 0 fully saturated rings. The van der Waals surface area contributed by atoms with Gasteiger partial charge in [-0.1, -0.05) is 13.3 Å². The van der Waals surface area contributed by atoms with Crippen LogP contribution >= 0.6 is 0 Å². The number of rotatable bonds is 6. The molecule has 0 aromatic heterocycles. The minimum absolute atomic E-state index is 0.0208. The molecule has 24 heavy (non-hydrogen) atoms. The fourth-order valence-electron chi connectivity index (χ4n) is 2.06. The van der Waals surface area contributed by atoms with E-state index < -0.39 is 6.29 Å². The van der Waals surface area contributed by atoms with Crippen molar-refractivity contribution in [3.8, 4) is 17.2 Å². The predicted molar refractivity (Wildman–Crippen MR) is 83.7 cm³/mol. The molecule has 126 valence electrons. The number of fused-ring (bicyclic) bond motifs is 1. The molecule has 0 bridgehead atoms. The van der Waals surface area contributed by atoms with Gasteiger partial charge in [-0.15, -0.1) is 8.78 Å². The SMILES string of the molecule is CCCCOc1ccc(N=Nc2ccc3c(c2)OC(F)(F)O3)cc1. The molecule has 1 aliphatic rings. The van der Waals surface area contributed by atoms with Crippen LogP contribution in [0, 0.1) is 0 Å². The van der Waals surface area contributed by atoms with Crippen molar-refractivity contribution in [3.63, 3.8) is 0 Å². The first-order valence-corrected chi connectivity index (χ1v) is 7.60. The maximum Gasteiger partial charge on any atom is 0.586 e. The summed E-state index contributed by atoms with van der Waals surface area (Å²) in [7, 11) is 0. The molecule has 0 saturated heterocycles. The third kappa shape index (κ3) is 3.98. The smallest absolute Gasteiger partial charge is 0.494 e. The van der Waals surface area contributed by atoms with E-state index in [1.165, 1.54) is 18.2 Å². The molecule has 1 aliphatic heterocycles. The van der Waals surface area contributed by atoms with E-state index in [0.29, 0.717) is 18.0 Å². The molecule has 0 atom stereocenters. The van der Waals surface area contributed by atoms with Crippen molar-refractivity contribution in [2.45, 2.75) is 26.1 Å². The van der Waals surface area contributed by atoms with E-state index in [-0.39, 0.29) is 11.5 Å². The number of ether oxygens (including phenoxy) is 3. The van der Waals surface area contributed by atoms with Crippen molar-refractivity contribution in [2.24, 2.45) is 10.2 Å². The second-order valence-electron chi connectivity index (χ2n) is 5.19. The van der Waals surface area contributed by atoms with E-state index in [0.717, 1.165) is 18.6 Å². The van der Waals surface area contributed by atoms with Gasteiger partial charge in [-0.3, -0.25) is 0 Å². The van der Waals surface area contributed by atoms with Gasteiger partial charge in [-0.05, 0) is 42.8 Å². The van der Waals surface area contributed by atoms with Crippen LogP contribution in [-0.2, 0) is 0 Å². The number of nitrogens with zero attached hydrogens (tertiary/aromatic N) is 2. The molecule has 0 saturated carbocycles. The van der Waals surface area contributed by atoms with Crippen molar-refractivity contribution in [1.29, 1.82) is 0 Å². The molecule has 2 aromatic carbocycles. The summed E-state index contributed by atoms with van der Waals surface area (Å²) in [6.07, 6.45) is -1.55. The van der Waals surface area contributed by atoms with Gasteiger partial charge in [-0.2, -0.15) is 10.2 Å². The first-order valence-electron chi connectivity index (χ1n) is 7.60. The zero-order valence-electron chi connectivity index (χ0n) is 13.0. The van der Waals surface area contributed by atoms with Crippen molar-refractivity contribution in [2.75, 3.05) is 6.61 Å². The fraction of sp³-hybridized carbons (Fsp3) is 0.294. The Labute approximate surface area is 137 Å². The highest BCUT2D eigenvalue weighted by atomic mass is 19.3. The monoisotopic (exact) mass is 334 g/mol. The molecule has 2 aromatic rings. The normalized spacial score (nSPS) is 15.0. The minimum atomic E-state index is -3.63. The first-order chi connectivity index (χ1) is 11.6. The second kappa shape index (κ2) is 6.82. The lowest BCUT2D eigenvalue weighted by molar-refractivity contribution is -0.286. The largest absolute Gasteiger partial charge is 0.586 e. The molecule has 0 spiro atoms. The molecule has 0 aliphatic carbocycles. The van der Waals surface area contributed by atoms with Gasteiger partial charge < -0.3 is 14.2 Å². The van der Waals surface area contributed by atoms with Crippen LogP contribution in [0.15, 0.2) is 52.7 Å². The summed E-state index contributed by atoms with van der Waals surface area (Å²) in [6, 6.07) is 11.4. The summed E-state index contributed by atoms with van der Waals surface area (Å²) in [5, 5.41) is 8.07. The van der Waals surface area contributed by atoms with Crippen LogP contribution in [0.1, 0.15) is 19.8 Å². The molecule has 1 heterocycles. The van der Waals surface area contributed by atoms with Gasteiger partial charge in [0, 0.05) is 6.07 Å². The molecule has 0 amide bonds. The average Bonchev–Trinajstić information content (AvgIpc) is 2.87. The molecular weight excluding hydrogens is 318 g/mol. The van der Waals surface area contributed by atoms with Gasteiger partial charge in [0.1, 0.15) is 5.75 Å². The van der Waals surface area contributed by atoms with Crippen molar-refractivity contribution < 1.29 is 23.0 Å². The Morgan fingerprint density at radius 2 is 1.62 bits per heavy atom. The van der Waals surface area contributed by atoms with Gasteiger partial charge in [-0.25, -0.2) is 0 Å². The quantitative estimate of drug-likeness (QED) is 0.510. The highest BCUT2D eigenvalue weighted by molar-refractivity contribution is 5.53. The zero-order chi connectivity index (χ0) is 17.0. The van der Waals surface area contributed by atoms with Gasteiger partial charge in [0.15, 0.2) is 11.5 Å². The number of benzene rings is 2. The molecular formula is C17H16F2N2O3. The minimum Gasteiger partial charge on any atom is -0.494 e. The van der Waals surface area contributed by atoms with Crippen LogP contribution in [0.2, 0.25) is 0 Å². The van der Waals surface area contributed by atoms with Crippen LogP contribution in [0.5, 0.6) is 17.2 Å². The van der Waals surface area contributed by atoms with E-state index in [2.05, 4.69) is 26.6 Å². The lowest BCUT2D eigenvalue weighted by Crippen LogP contribution is -2.25. The standard InChI is InChI=1S/C17H16F2N2O3/c1-2-3-10-22-14-7-4-12(5-8-14)20-21-13-6-9-15-16(11-13)24-17(18,19)23-15/h4-9,11H,2-3,10H2,1H3. The number of hydrogen-bond acceptors (Lipinski definition) is 5. The summed E-state index contributed by atoms with van der Waals surface area (Å²) >= 11 is 0. The number of alkyl halides is 2. The van der Waals surface area contributed by atoms with Gasteiger partial charge in [0.25, 0.3) is 0 Å². The van der Waals surface area contributed by atoms with Crippen molar-refractivity contribution in [3.05, 3.63) is 42.5 Å². The summed E-state index contributed by atoms with van der Waals surface area (Å²) < 4.78 is 40.2. The van der Waals surface area contributed by atoms with Crippen molar-refractivity contribution in [1.82, 2.24) is 0 Å². The molecule has 7 heteroatoms. The molecule has 0 unspecified atom stereocenters. The fourth-order valence-corrected chi connectivity index (χ4v) is 2.06. The maximum atomic E-state index is 13.0. The van der Waals surface area contributed by atoms with Gasteiger partial charge in [0.2, 0.25) is 0 Å². The highest BCUT2D eigenvalue weighted by Gasteiger charge is 2.43. The maximum absolute atomic E-state index is 13.0. The summed E-state index contributed by atoms with van der Waals surface area (Å²) in [5.41, 5.74) is 1.01. The Morgan fingerprint density at radius 1 is 0.958 bits per heavy atom. The van der Waals surface area contributed by atoms with Crippen LogP contribution in [0.25, 0.3) is 0 Å². The van der Waals surface area contributed by atoms with Crippen LogP contribution in [0.4, 0.5) is 20.2 Å². The molecule has 0 N–H and O–H groups in total. The topological polar surface area (TPSA) is 52.4 Å². The van der Waals surface area contributed by atoms with E-state index in [1.54, 1.807) is 12.1 Å². The Morgan fingerprint density at radius 3 is 2.38 bits per heavy atom. The molecule has 3 rings (SSSR count). The van der Waals surface area contributed by atoms with E-state index in [1.807, 2.05) is 12.1 Å². The van der Waals surface area contributed by atoms with Crippen LogP contribution < -0.4 is 14.2 Å². The van der Waals surface area contributed by atoms with E-state index >= 15 is 0 Å². The third-order valence-corrected chi connectivity index (χ3v) is 3.27. The van der Waals surface area contributed by atoms with Crippen LogP contribution in [0.3, 0.4) is 0 Å². The van der Waals surface area contributed by atoms with Gasteiger partial charge >= 0.3 is 6.29 Å². The lowest BCUT2D eigenvalue weighted by Gasteiger charge is -2.04. The average molecular weight is 334 g/mol. The molecule has 0 radical (unpaired) electrons. The Kier molecular flexibility index (Phi) is 4.59. The Balaban J connectivity index is 1.64. The van der Waals surface area contributed by atoms with E-state index in [9.17, 15) is 8.78 Å². The summed E-state index contributed by atoms with van der Waals surface area (Å²) in [6.45, 7) is 2.78. The van der Waals surface area contributed by atoms with E-state index in [4.69, 9.17) is 4.74 Å². The zero-order valence-corrected chi connectivity index (χ0v) is 13.0. The number of hydrogen-bond donors (Lipinski definition) is 0. The number of unbranched alkanes of at least 4 members (excludes halogenated alkanes) is 1. The summed E-state index contributed by atoms with van der Waals surface area (Å²) in [4.78, 5) is 0. The Bertz CT molecular complexity index is 733. The second-order valence-corrected chi connectivity index (χ2v) is 5.19. The molecule has 5 nitrogen and oxygen atoms in total.